The fourth-order valence-electron chi connectivity index (χ4n) is 2.52. The summed E-state index contributed by atoms with van der Waals surface area (Å²) in [5.74, 6) is 5.37. The van der Waals surface area contributed by atoms with Crippen LogP contribution in [0.25, 0.3) is 11.0 Å². The molecule has 0 saturated carbocycles. The zero-order valence-electron chi connectivity index (χ0n) is 13.3. The molecule has 0 saturated heterocycles. The van der Waals surface area contributed by atoms with Crippen molar-refractivity contribution in [3.63, 3.8) is 0 Å². The third-order valence-electron chi connectivity index (χ3n) is 3.77. The van der Waals surface area contributed by atoms with Gasteiger partial charge >= 0.3 is 0 Å². The lowest BCUT2D eigenvalue weighted by molar-refractivity contribution is 0.0940. The largest absolute Gasteiger partial charge is 0.504 e. The molecule has 7 nitrogen and oxygen atoms in total. The first kappa shape index (κ1) is 15.9. The van der Waals surface area contributed by atoms with Gasteiger partial charge in [0.15, 0.2) is 17.0 Å². The highest BCUT2D eigenvalue weighted by Crippen LogP contribution is 2.26. The van der Waals surface area contributed by atoms with Crippen LogP contribution < -0.4 is 5.32 Å². The zero-order chi connectivity index (χ0) is 16.9. The predicted octanol–water partition coefficient (Wildman–Crippen LogP) is 1.58. The number of rotatable bonds is 3. The Balaban J connectivity index is 1.94. The van der Waals surface area contributed by atoms with Crippen molar-refractivity contribution in [3.05, 3.63) is 29.9 Å². The van der Waals surface area contributed by atoms with Crippen molar-refractivity contribution in [3.8, 4) is 17.6 Å². The van der Waals surface area contributed by atoms with Gasteiger partial charge in [0.2, 0.25) is 0 Å². The van der Waals surface area contributed by atoms with Gasteiger partial charge in [-0.3, -0.25) is 4.79 Å². The number of amides is 1. The minimum absolute atomic E-state index is 0.101. The van der Waals surface area contributed by atoms with Crippen LogP contribution in [-0.4, -0.2) is 37.7 Å². The van der Waals surface area contributed by atoms with Crippen LogP contribution in [-0.2, 0) is 0 Å². The molecule has 24 heavy (non-hydrogen) atoms. The second kappa shape index (κ2) is 7.04. The average molecular weight is 323 g/mol. The highest BCUT2D eigenvalue weighted by Gasteiger charge is 2.21. The molecule has 122 valence electrons. The minimum atomic E-state index is -0.452. The number of pyridine rings is 1. The molecule has 0 aromatic carbocycles. The number of nitrogens with one attached hydrogen (secondary N) is 1. The lowest BCUT2D eigenvalue weighted by Crippen LogP contribution is -2.29. The average Bonchev–Trinajstić information content (AvgIpc) is 3.13. The van der Waals surface area contributed by atoms with Crippen molar-refractivity contribution >= 4 is 16.9 Å². The Morgan fingerprint density at radius 1 is 1.38 bits per heavy atom. The summed E-state index contributed by atoms with van der Waals surface area (Å²) in [6.07, 6.45) is 7.98. The summed E-state index contributed by atoms with van der Waals surface area (Å²) < 4.78 is 0. The number of aromatic hydroxyl groups is 1. The number of hydrogen-bond donors (Lipinski definition) is 2. The molecule has 0 bridgehead atoms. The molecular weight excluding hydrogens is 306 g/mol. The van der Waals surface area contributed by atoms with Crippen LogP contribution in [0, 0.1) is 17.8 Å². The standard InChI is InChI=1S/C17H17N5O2/c1-2-3-8-12-13-14(22-20-10-19-13)16(23)15(21-12)17(24)18-9-11-6-4-5-7-11/h4-5,10-11,23H,2,6-7,9H2,1H3,(H,18,24). The highest BCUT2D eigenvalue weighted by atomic mass is 16.3. The second-order valence-corrected chi connectivity index (χ2v) is 5.49. The molecular formula is C17H17N5O2. The lowest BCUT2D eigenvalue weighted by atomic mass is 10.1. The van der Waals surface area contributed by atoms with Crippen LogP contribution in [0.15, 0.2) is 18.5 Å². The summed E-state index contributed by atoms with van der Waals surface area (Å²) in [6.45, 7) is 2.44. The number of hydrogen-bond acceptors (Lipinski definition) is 6. The normalized spacial score (nSPS) is 13.7. The number of allylic oxidation sites excluding steroid dienone is 2. The van der Waals surface area contributed by atoms with Crippen LogP contribution in [0.4, 0.5) is 0 Å². The van der Waals surface area contributed by atoms with Gasteiger partial charge in [-0.1, -0.05) is 25.0 Å². The molecule has 0 fully saturated rings. The van der Waals surface area contributed by atoms with E-state index < -0.39 is 5.91 Å². The lowest BCUT2D eigenvalue weighted by Gasteiger charge is -2.12. The van der Waals surface area contributed by atoms with E-state index in [9.17, 15) is 9.90 Å². The quantitative estimate of drug-likeness (QED) is 0.657. The van der Waals surface area contributed by atoms with Crippen LogP contribution in [0.3, 0.4) is 0 Å². The fraction of sp³-hybridized carbons (Fsp3) is 0.353. The third-order valence-corrected chi connectivity index (χ3v) is 3.77. The van der Waals surface area contributed by atoms with Crippen molar-refractivity contribution < 1.29 is 9.90 Å². The Morgan fingerprint density at radius 3 is 2.92 bits per heavy atom. The van der Waals surface area contributed by atoms with Gasteiger partial charge in [0, 0.05) is 13.0 Å². The van der Waals surface area contributed by atoms with Crippen molar-refractivity contribution in [2.75, 3.05) is 6.54 Å². The molecule has 0 radical (unpaired) electrons. The topological polar surface area (TPSA) is 101 Å². The number of nitrogens with zero attached hydrogens (tertiary/aromatic N) is 4. The molecule has 2 aromatic heterocycles. The van der Waals surface area contributed by atoms with E-state index in [1.165, 1.54) is 6.33 Å². The van der Waals surface area contributed by atoms with Crippen LogP contribution in [0.2, 0.25) is 0 Å². The van der Waals surface area contributed by atoms with Gasteiger partial charge in [-0.15, -0.1) is 10.2 Å². The molecule has 0 aliphatic heterocycles. The summed E-state index contributed by atoms with van der Waals surface area (Å²) >= 11 is 0. The van der Waals surface area contributed by atoms with Crippen molar-refractivity contribution in [2.45, 2.75) is 26.2 Å². The van der Waals surface area contributed by atoms with Gasteiger partial charge < -0.3 is 10.4 Å². The molecule has 0 atom stereocenters. The van der Waals surface area contributed by atoms with Crippen LogP contribution in [0.5, 0.6) is 5.75 Å². The number of aromatic nitrogens is 4. The van der Waals surface area contributed by atoms with Gasteiger partial charge in [-0.25, -0.2) is 9.97 Å². The molecule has 3 rings (SSSR count). The Bertz CT molecular complexity index is 858. The van der Waals surface area contributed by atoms with E-state index >= 15 is 0 Å². The van der Waals surface area contributed by atoms with E-state index in [2.05, 4.69) is 49.5 Å². The summed E-state index contributed by atoms with van der Waals surface area (Å²) in [6, 6.07) is 0. The Morgan fingerprint density at radius 2 is 2.17 bits per heavy atom. The molecule has 1 aliphatic carbocycles. The van der Waals surface area contributed by atoms with E-state index in [0.717, 1.165) is 12.8 Å². The summed E-state index contributed by atoms with van der Waals surface area (Å²) in [7, 11) is 0. The molecule has 2 aromatic rings. The third kappa shape index (κ3) is 3.18. The van der Waals surface area contributed by atoms with Gasteiger partial charge in [0.05, 0.1) is 0 Å². The van der Waals surface area contributed by atoms with Gasteiger partial charge in [0.1, 0.15) is 17.5 Å². The van der Waals surface area contributed by atoms with E-state index in [0.29, 0.717) is 30.1 Å². The zero-order valence-corrected chi connectivity index (χ0v) is 13.3. The molecule has 7 heteroatoms. The van der Waals surface area contributed by atoms with Gasteiger partial charge in [0.25, 0.3) is 5.91 Å². The fourth-order valence-corrected chi connectivity index (χ4v) is 2.52. The summed E-state index contributed by atoms with van der Waals surface area (Å²) in [4.78, 5) is 20.7. The van der Waals surface area contributed by atoms with Gasteiger partial charge in [-0.05, 0) is 24.7 Å². The monoisotopic (exact) mass is 323 g/mol. The van der Waals surface area contributed by atoms with E-state index in [1.807, 2.05) is 6.92 Å². The van der Waals surface area contributed by atoms with E-state index in [4.69, 9.17) is 0 Å². The predicted molar refractivity (Wildman–Crippen MR) is 88.2 cm³/mol. The molecule has 2 heterocycles. The Labute approximate surface area is 139 Å². The highest BCUT2D eigenvalue weighted by molar-refractivity contribution is 6.00. The Kier molecular flexibility index (Phi) is 4.66. The molecule has 1 aliphatic rings. The van der Waals surface area contributed by atoms with Crippen LogP contribution >= 0.6 is 0 Å². The molecule has 1 amide bonds. The van der Waals surface area contributed by atoms with Crippen molar-refractivity contribution in [1.82, 2.24) is 25.5 Å². The summed E-state index contributed by atoms with van der Waals surface area (Å²) in [5, 5.41) is 20.7. The van der Waals surface area contributed by atoms with Crippen molar-refractivity contribution in [1.29, 1.82) is 0 Å². The molecule has 0 spiro atoms. The number of fused-ring (bicyclic) bond motifs is 1. The molecule has 0 unspecified atom stereocenters. The maximum absolute atomic E-state index is 12.4. The molecule has 2 N–H and O–H groups in total. The number of carbonyl (C=O) groups is 1. The minimum Gasteiger partial charge on any atom is -0.504 e. The van der Waals surface area contributed by atoms with Crippen LogP contribution in [0.1, 0.15) is 42.4 Å². The first-order valence-electron chi connectivity index (χ1n) is 7.83. The Hall–Kier alpha value is -3.01. The van der Waals surface area contributed by atoms with E-state index in [1.54, 1.807) is 0 Å². The first-order chi connectivity index (χ1) is 11.7. The maximum Gasteiger partial charge on any atom is 0.273 e. The van der Waals surface area contributed by atoms with Gasteiger partial charge in [-0.2, -0.15) is 0 Å². The first-order valence-corrected chi connectivity index (χ1v) is 7.83. The summed E-state index contributed by atoms with van der Waals surface area (Å²) in [5.41, 5.74) is 0.670. The van der Waals surface area contributed by atoms with Crippen molar-refractivity contribution in [2.24, 2.45) is 5.92 Å². The SMILES string of the molecule is CCC#Cc1nc(C(=O)NCC2CC=CC2)c(O)c2nncnc12. The smallest absolute Gasteiger partial charge is 0.273 e. The maximum atomic E-state index is 12.4. The number of carbonyl (C=O) groups excluding carboxylic acids is 1. The second-order valence-electron chi connectivity index (χ2n) is 5.49. The van der Waals surface area contributed by atoms with E-state index in [-0.39, 0.29) is 17.0 Å².